The molecule has 1 unspecified atom stereocenters. The first-order chi connectivity index (χ1) is 8.74. The molecule has 1 rings (SSSR count). The first-order valence-electron chi connectivity index (χ1n) is 6.75. The molecule has 0 heterocycles. The van der Waals surface area contributed by atoms with Gasteiger partial charge < -0.3 is 11.1 Å². The Hall–Kier alpha value is -1.35. The van der Waals surface area contributed by atoms with Crippen molar-refractivity contribution in [3.8, 4) is 0 Å². The predicted octanol–water partition coefficient (Wildman–Crippen LogP) is 2.11. The van der Waals surface area contributed by atoms with Crippen LogP contribution in [0.15, 0.2) is 30.3 Å². The Bertz CT molecular complexity index is 338. The molecule has 0 bridgehead atoms. The molecule has 0 aliphatic heterocycles. The van der Waals surface area contributed by atoms with Crippen LogP contribution in [0, 0.1) is 5.92 Å². The van der Waals surface area contributed by atoms with Gasteiger partial charge in [-0.1, -0.05) is 37.3 Å². The molecule has 100 valence electrons. The Morgan fingerprint density at radius 3 is 2.67 bits per heavy atom. The van der Waals surface area contributed by atoms with E-state index < -0.39 is 0 Å². The van der Waals surface area contributed by atoms with E-state index in [1.54, 1.807) is 0 Å². The molecule has 1 aromatic rings. The van der Waals surface area contributed by atoms with Crippen molar-refractivity contribution >= 4 is 5.91 Å². The van der Waals surface area contributed by atoms with Crippen LogP contribution in [0.4, 0.5) is 0 Å². The fourth-order valence-corrected chi connectivity index (χ4v) is 1.88. The predicted molar refractivity (Wildman–Crippen MR) is 75.2 cm³/mol. The van der Waals surface area contributed by atoms with E-state index in [-0.39, 0.29) is 11.8 Å². The second-order valence-electron chi connectivity index (χ2n) is 4.71. The number of rotatable bonds is 8. The van der Waals surface area contributed by atoms with Crippen LogP contribution in [0.5, 0.6) is 0 Å². The van der Waals surface area contributed by atoms with Crippen molar-refractivity contribution in [1.29, 1.82) is 0 Å². The fraction of sp³-hybridized carbons (Fsp3) is 0.533. The van der Waals surface area contributed by atoms with Crippen LogP contribution in [-0.4, -0.2) is 19.0 Å². The zero-order valence-electron chi connectivity index (χ0n) is 11.2. The third-order valence-electron chi connectivity index (χ3n) is 3.07. The van der Waals surface area contributed by atoms with Gasteiger partial charge in [-0.3, -0.25) is 4.79 Å². The van der Waals surface area contributed by atoms with Gasteiger partial charge in [-0.15, -0.1) is 0 Å². The van der Waals surface area contributed by atoms with E-state index in [4.69, 9.17) is 5.73 Å². The van der Waals surface area contributed by atoms with Gasteiger partial charge in [0.05, 0.1) is 0 Å². The number of hydrogen-bond donors (Lipinski definition) is 2. The van der Waals surface area contributed by atoms with Gasteiger partial charge in [-0.25, -0.2) is 0 Å². The summed E-state index contributed by atoms with van der Waals surface area (Å²) in [5, 5.41) is 2.98. The van der Waals surface area contributed by atoms with E-state index in [0.717, 1.165) is 32.2 Å². The second kappa shape index (κ2) is 8.70. The average molecular weight is 248 g/mol. The quantitative estimate of drug-likeness (QED) is 0.692. The van der Waals surface area contributed by atoms with E-state index in [1.165, 1.54) is 5.56 Å². The molecule has 0 saturated heterocycles. The monoisotopic (exact) mass is 248 g/mol. The van der Waals surface area contributed by atoms with E-state index in [9.17, 15) is 4.79 Å². The van der Waals surface area contributed by atoms with E-state index in [2.05, 4.69) is 17.4 Å². The Balaban J connectivity index is 2.12. The van der Waals surface area contributed by atoms with Crippen LogP contribution in [-0.2, 0) is 11.2 Å². The van der Waals surface area contributed by atoms with Gasteiger partial charge in [0, 0.05) is 12.5 Å². The van der Waals surface area contributed by atoms with Crippen molar-refractivity contribution in [2.75, 3.05) is 13.1 Å². The number of nitrogens with one attached hydrogen (secondary N) is 1. The van der Waals surface area contributed by atoms with Gasteiger partial charge in [0.1, 0.15) is 0 Å². The zero-order chi connectivity index (χ0) is 13.2. The Morgan fingerprint density at radius 2 is 2.00 bits per heavy atom. The van der Waals surface area contributed by atoms with E-state index >= 15 is 0 Å². The minimum Gasteiger partial charge on any atom is -0.356 e. The molecule has 18 heavy (non-hydrogen) atoms. The molecule has 3 nitrogen and oxygen atoms in total. The summed E-state index contributed by atoms with van der Waals surface area (Å²) in [6, 6.07) is 10.3. The lowest BCUT2D eigenvalue weighted by molar-refractivity contribution is -0.124. The van der Waals surface area contributed by atoms with Crippen LogP contribution in [0.2, 0.25) is 0 Å². The molecular formula is C15H24N2O. The summed E-state index contributed by atoms with van der Waals surface area (Å²) in [5.74, 6) is 0.224. The fourth-order valence-electron chi connectivity index (χ4n) is 1.88. The van der Waals surface area contributed by atoms with Crippen molar-refractivity contribution in [3.05, 3.63) is 35.9 Å². The topological polar surface area (TPSA) is 55.1 Å². The molecule has 0 radical (unpaired) electrons. The minimum atomic E-state index is 0.0743. The maximum Gasteiger partial charge on any atom is 0.222 e. The zero-order valence-corrected chi connectivity index (χ0v) is 11.2. The lowest BCUT2D eigenvalue weighted by atomic mass is 10.0. The molecule has 0 aromatic heterocycles. The van der Waals surface area contributed by atoms with E-state index in [0.29, 0.717) is 6.54 Å². The molecular weight excluding hydrogens is 224 g/mol. The van der Waals surface area contributed by atoms with Gasteiger partial charge in [-0.2, -0.15) is 0 Å². The Labute approximate surface area is 110 Å². The highest BCUT2D eigenvalue weighted by Gasteiger charge is 2.10. The smallest absolute Gasteiger partial charge is 0.222 e. The average Bonchev–Trinajstić information content (AvgIpc) is 2.41. The lowest BCUT2D eigenvalue weighted by Gasteiger charge is -2.11. The van der Waals surface area contributed by atoms with Gasteiger partial charge in [0.15, 0.2) is 0 Å². The SMILES string of the molecule is CC(CCCN)C(=O)NCCCc1ccccc1. The maximum absolute atomic E-state index is 11.7. The molecule has 3 heteroatoms. The number of benzene rings is 1. The normalized spacial score (nSPS) is 12.1. The summed E-state index contributed by atoms with van der Waals surface area (Å²) in [4.78, 5) is 11.7. The van der Waals surface area contributed by atoms with Crippen LogP contribution >= 0.6 is 0 Å². The minimum absolute atomic E-state index is 0.0743. The van der Waals surface area contributed by atoms with Gasteiger partial charge >= 0.3 is 0 Å². The molecule has 0 fully saturated rings. The molecule has 1 amide bonds. The summed E-state index contributed by atoms with van der Waals surface area (Å²) in [7, 11) is 0. The number of amides is 1. The highest BCUT2D eigenvalue weighted by atomic mass is 16.1. The molecule has 0 aliphatic carbocycles. The first kappa shape index (κ1) is 14.7. The summed E-state index contributed by atoms with van der Waals surface area (Å²) in [5.41, 5.74) is 6.75. The highest BCUT2D eigenvalue weighted by Crippen LogP contribution is 2.05. The largest absolute Gasteiger partial charge is 0.356 e. The highest BCUT2D eigenvalue weighted by molar-refractivity contribution is 5.78. The number of carbonyl (C=O) groups is 1. The lowest BCUT2D eigenvalue weighted by Crippen LogP contribution is -2.30. The van der Waals surface area contributed by atoms with Gasteiger partial charge in [0.25, 0.3) is 0 Å². The Morgan fingerprint density at radius 1 is 1.28 bits per heavy atom. The molecule has 1 aromatic carbocycles. The molecule has 0 saturated carbocycles. The van der Waals surface area contributed by atoms with Crippen molar-refractivity contribution in [2.24, 2.45) is 11.7 Å². The Kier molecular flexibility index (Phi) is 7.11. The third-order valence-corrected chi connectivity index (χ3v) is 3.07. The first-order valence-corrected chi connectivity index (χ1v) is 6.75. The number of hydrogen-bond acceptors (Lipinski definition) is 2. The van der Waals surface area contributed by atoms with Crippen molar-refractivity contribution < 1.29 is 4.79 Å². The standard InChI is InChI=1S/C15H24N2O/c1-13(7-5-11-16)15(18)17-12-6-10-14-8-3-2-4-9-14/h2-4,8-9,13H,5-7,10-12,16H2,1H3,(H,17,18). The third kappa shape index (κ3) is 5.82. The van der Waals surface area contributed by atoms with Crippen LogP contribution in [0.25, 0.3) is 0 Å². The molecule has 3 N–H and O–H groups in total. The summed E-state index contributed by atoms with van der Waals surface area (Å²) in [6.07, 6.45) is 3.79. The molecule has 0 aliphatic rings. The van der Waals surface area contributed by atoms with Crippen LogP contribution in [0.1, 0.15) is 31.7 Å². The maximum atomic E-state index is 11.7. The summed E-state index contributed by atoms with van der Waals surface area (Å²) < 4.78 is 0. The number of aryl methyl sites for hydroxylation is 1. The summed E-state index contributed by atoms with van der Waals surface area (Å²) >= 11 is 0. The molecule has 1 atom stereocenters. The number of carbonyl (C=O) groups excluding carboxylic acids is 1. The van der Waals surface area contributed by atoms with Crippen LogP contribution in [0.3, 0.4) is 0 Å². The molecule has 0 spiro atoms. The van der Waals surface area contributed by atoms with Crippen molar-refractivity contribution in [2.45, 2.75) is 32.6 Å². The van der Waals surface area contributed by atoms with Crippen molar-refractivity contribution in [3.63, 3.8) is 0 Å². The van der Waals surface area contributed by atoms with E-state index in [1.807, 2.05) is 25.1 Å². The van der Waals surface area contributed by atoms with Crippen molar-refractivity contribution in [1.82, 2.24) is 5.32 Å². The summed E-state index contributed by atoms with van der Waals surface area (Å²) in [6.45, 7) is 3.37. The van der Waals surface area contributed by atoms with Crippen LogP contribution < -0.4 is 11.1 Å². The second-order valence-corrected chi connectivity index (χ2v) is 4.71. The van der Waals surface area contributed by atoms with Gasteiger partial charge in [-0.05, 0) is 37.8 Å². The van der Waals surface area contributed by atoms with Gasteiger partial charge in [0.2, 0.25) is 5.91 Å². The number of nitrogens with two attached hydrogens (primary N) is 1.